The number of likely N-dealkylation sites (tertiary alicyclic amines) is 1. The van der Waals surface area contributed by atoms with Crippen molar-refractivity contribution >= 4 is 34.2 Å². The lowest BCUT2D eigenvalue weighted by molar-refractivity contribution is 0.0827. The van der Waals surface area contributed by atoms with Gasteiger partial charge in [-0.25, -0.2) is 0 Å². The second kappa shape index (κ2) is 10.3. The molecule has 0 aromatic heterocycles. The summed E-state index contributed by atoms with van der Waals surface area (Å²) in [6.07, 6.45) is 2.80. The van der Waals surface area contributed by atoms with Crippen LogP contribution in [0.25, 0.3) is 0 Å². The predicted octanol–water partition coefficient (Wildman–Crippen LogP) is 3.94. The number of hydrogen-bond donors (Lipinski definition) is 2. The Balaban J connectivity index is 1.46. The summed E-state index contributed by atoms with van der Waals surface area (Å²) in [5, 5.41) is 3.23. The smallest absolute Gasteiger partial charge is 0.255 e. The molecular formula is C23H30IN3O3. The molecule has 0 aliphatic carbocycles. The maximum absolute atomic E-state index is 12.9. The maximum atomic E-state index is 12.9. The third kappa shape index (κ3) is 6.01. The van der Waals surface area contributed by atoms with Gasteiger partial charge in [-0.1, -0.05) is 18.2 Å². The molecule has 1 amide bonds. The number of nitrogens with one attached hydrogen (secondary N) is 1. The SMILES string of the molecule is COc1cc(N)c(I)cc1C(=O)NC1(C)CCN(CCCOc2ccccc2)CC1. The molecule has 7 heteroatoms. The average Bonchev–Trinajstić information content (AvgIpc) is 2.74. The number of nitrogen functional groups attached to an aromatic ring is 1. The van der Waals surface area contributed by atoms with Crippen LogP contribution in [0.4, 0.5) is 5.69 Å². The van der Waals surface area contributed by atoms with Gasteiger partial charge in [0.25, 0.3) is 5.91 Å². The first-order chi connectivity index (χ1) is 14.4. The van der Waals surface area contributed by atoms with Crippen molar-refractivity contribution in [1.29, 1.82) is 0 Å². The summed E-state index contributed by atoms with van der Waals surface area (Å²) in [6, 6.07) is 13.4. The van der Waals surface area contributed by atoms with Crippen molar-refractivity contribution in [3.63, 3.8) is 0 Å². The summed E-state index contributed by atoms with van der Waals surface area (Å²) < 4.78 is 12.0. The molecule has 6 nitrogen and oxygen atoms in total. The second-order valence-corrected chi connectivity index (χ2v) is 9.11. The Morgan fingerprint density at radius 2 is 1.93 bits per heavy atom. The van der Waals surface area contributed by atoms with E-state index < -0.39 is 0 Å². The van der Waals surface area contributed by atoms with E-state index in [4.69, 9.17) is 15.2 Å². The van der Waals surface area contributed by atoms with E-state index in [9.17, 15) is 4.79 Å². The molecule has 0 saturated carbocycles. The molecule has 0 unspecified atom stereocenters. The summed E-state index contributed by atoms with van der Waals surface area (Å²) in [6.45, 7) is 5.75. The van der Waals surface area contributed by atoms with Crippen molar-refractivity contribution in [3.8, 4) is 11.5 Å². The van der Waals surface area contributed by atoms with Crippen molar-refractivity contribution in [3.05, 3.63) is 51.6 Å². The van der Waals surface area contributed by atoms with Crippen LogP contribution in [-0.2, 0) is 0 Å². The van der Waals surface area contributed by atoms with Gasteiger partial charge in [0, 0.05) is 40.5 Å². The van der Waals surface area contributed by atoms with E-state index >= 15 is 0 Å². The number of halogens is 1. The molecule has 1 aliphatic rings. The quantitative estimate of drug-likeness (QED) is 0.312. The summed E-state index contributed by atoms with van der Waals surface area (Å²) in [7, 11) is 1.56. The highest BCUT2D eigenvalue weighted by molar-refractivity contribution is 14.1. The predicted molar refractivity (Wildman–Crippen MR) is 128 cm³/mol. The number of benzene rings is 2. The van der Waals surface area contributed by atoms with Gasteiger partial charge in [0.2, 0.25) is 0 Å². The van der Waals surface area contributed by atoms with Gasteiger partial charge in [0.05, 0.1) is 19.3 Å². The van der Waals surface area contributed by atoms with E-state index in [1.54, 1.807) is 19.2 Å². The van der Waals surface area contributed by atoms with Crippen molar-refractivity contribution in [2.75, 3.05) is 39.1 Å². The minimum absolute atomic E-state index is 0.114. The van der Waals surface area contributed by atoms with Crippen LogP contribution >= 0.6 is 22.6 Å². The third-order valence-corrected chi connectivity index (χ3v) is 6.50. The summed E-state index contributed by atoms with van der Waals surface area (Å²) >= 11 is 2.14. The lowest BCUT2D eigenvalue weighted by atomic mass is 9.89. The van der Waals surface area contributed by atoms with E-state index in [1.807, 2.05) is 30.3 Å². The number of methoxy groups -OCH3 is 1. The number of carbonyl (C=O) groups excluding carboxylic acids is 1. The van der Waals surface area contributed by atoms with Crippen molar-refractivity contribution in [1.82, 2.24) is 10.2 Å². The minimum Gasteiger partial charge on any atom is -0.496 e. The number of nitrogens with two attached hydrogens (primary N) is 1. The Bertz CT molecular complexity index is 852. The number of piperidine rings is 1. The standard InChI is InChI=1S/C23H30IN3O3/c1-23(26-22(28)18-15-19(24)20(25)16-21(18)29-2)9-12-27(13-10-23)11-6-14-30-17-7-4-3-5-8-17/h3-5,7-8,15-16H,6,9-14,25H2,1-2H3,(H,26,28). The fourth-order valence-electron chi connectivity index (χ4n) is 3.65. The van der Waals surface area contributed by atoms with Gasteiger partial charge in [0.1, 0.15) is 11.5 Å². The van der Waals surface area contributed by atoms with Crippen LogP contribution in [0.15, 0.2) is 42.5 Å². The lowest BCUT2D eigenvalue weighted by Gasteiger charge is -2.40. The number of anilines is 1. The van der Waals surface area contributed by atoms with E-state index in [2.05, 4.69) is 39.7 Å². The van der Waals surface area contributed by atoms with Crippen LogP contribution in [0.3, 0.4) is 0 Å². The Kier molecular flexibility index (Phi) is 7.82. The van der Waals surface area contributed by atoms with E-state index in [0.717, 1.165) is 48.2 Å². The van der Waals surface area contributed by atoms with Gasteiger partial charge in [-0.15, -0.1) is 0 Å². The zero-order chi connectivity index (χ0) is 21.6. The van der Waals surface area contributed by atoms with E-state index in [-0.39, 0.29) is 11.4 Å². The summed E-state index contributed by atoms with van der Waals surface area (Å²) in [5.41, 5.74) is 6.85. The number of ether oxygens (including phenoxy) is 2. The van der Waals surface area contributed by atoms with Crippen LogP contribution in [0.1, 0.15) is 36.5 Å². The number of amides is 1. The number of rotatable bonds is 8. The molecule has 1 saturated heterocycles. The van der Waals surface area contributed by atoms with Crippen LogP contribution < -0.4 is 20.5 Å². The Hall–Kier alpha value is -2.00. The topological polar surface area (TPSA) is 76.8 Å². The fraction of sp³-hybridized carbons (Fsp3) is 0.435. The van der Waals surface area contributed by atoms with Crippen molar-refractivity contribution in [2.24, 2.45) is 0 Å². The van der Waals surface area contributed by atoms with Crippen LogP contribution in [-0.4, -0.2) is 49.7 Å². The molecule has 3 N–H and O–H groups in total. The summed E-state index contributed by atoms with van der Waals surface area (Å²) in [5.74, 6) is 1.31. The first kappa shape index (κ1) is 22.7. The number of hydrogen-bond acceptors (Lipinski definition) is 5. The van der Waals surface area contributed by atoms with Crippen LogP contribution in [0.5, 0.6) is 11.5 Å². The monoisotopic (exact) mass is 523 g/mol. The number of nitrogens with zero attached hydrogens (tertiary/aromatic N) is 1. The molecule has 0 radical (unpaired) electrons. The van der Waals surface area contributed by atoms with E-state index in [1.165, 1.54) is 0 Å². The van der Waals surface area contributed by atoms with Crippen LogP contribution in [0.2, 0.25) is 0 Å². The van der Waals surface area contributed by atoms with Crippen molar-refractivity contribution in [2.45, 2.75) is 31.7 Å². The lowest BCUT2D eigenvalue weighted by Crippen LogP contribution is -2.53. The minimum atomic E-state index is -0.230. The number of carbonyl (C=O) groups is 1. The molecule has 162 valence electrons. The van der Waals surface area contributed by atoms with Gasteiger partial charge >= 0.3 is 0 Å². The van der Waals surface area contributed by atoms with Gasteiger partial charge in [0.15, 0.2) is 0 Å². The first-order valence-corrected chi connectivity index (χ1v) is 11.3. The van der Waals surface area contributed by atoms with E-state index in [0.29, 0.717) is 23.6 Å². The molecule has 0 atom stereocenters. The third-order valence-electron chi connectivity index (χ3n) is 5.57. The van der Waals surface area contributed by atoms with Gasteiger partial charge in [-0.3, -0.25) is 4.79 Å². The normalized spacial score (nSPS) is 16.1. The van der Waals surface area contributed by atoms with Gasteiger partial charge in [-0.05, 0) is 67.0 Å². The molecule has 30 heavy (non-hydrogen) atoms. The highest BCUT2D eigenvalue weighted by Gasteiger charge is 2.32. The molecular weight excluding hydrogens is 493 g/mol. The Morgan fingerprint density at radius 3 is 2.60 bits per heavy atom. The average molecular weight is 523 g/mol. The second-order valence-electron chi connectivity index (χ2n) is 7.95. The molecule has 1 aliphatic heterocycles. The molecule has 1 heterocycles. The maximum Gasteiger partial charge on any atom is 0.255 e. The molecule has 2 aromatic rings. The highest BCUT2D eigenvalue weighted by atomic mass is 127. The summed E-state index contributed by atoms with van der Waals surface area (Å²) in [4.78, 5) is 15.4. The molecule has 0 bridgehead atoms. The highest BCUT2D eigenvalue weighted by Crippen LogP contribution is 2.28. The Morgan fingerprint density at radius 1 is 1.23 bits per heavy atom. The zero-order valence-electron chi connectivity index (χ0n) is 17.6. The van der Waals surface area contributed by atoms with Crippen molar-refractivity contribution < 1.29 is 14.3 Å². The number of para-hydroxylation sites is 1. The Labute approximate surface area is 192 Å². The largest absolute Gasteiger partial charge is 0.496 e. The zero-order valence-corrected chi connectivity index (χ0v) is 19.8. The fourth-order valence-corrected chi connectivity index (χ4v) is 4.11. The molecule has 2 aromatic carbocycles. The molecule has 3 rings (SSSR count). The molecule has 1 fully saturated rings. The first-order valence-electron chi connectivity index (χ1n) is 10.3. The van der Waals surface area contributed by atoms with Crippen LogP contribution in [0, 0.1) is 3.57 Å². The molecule has 0 spiro atoms. The van der Waals surface area contributed by atoms with Gasteiger partial charge in [-0.2, -0.15) is 0 Å². The van der Waals surface area contributed by atoms with Gasteiger partial charge < -0.3 is 25.4 Å².